The smallest absolute Gasteiger partial charge is 0.248 e. The number of amides is 1. The van der Waals surface area contributed by atoms with Crippen LogP contribution in [0.15, 0.2) is 36.7 Å². The largest absolute Gasteiger partial charge is 0.494 e. The normalized spacial score (nSPS) is 11.5. The van der Waals surface area contributed by atoms with E-state index in [0.717, 1.165) is 11.8 Å². The lowest BCUT2D eigenvalue weighted by molar-refractivity contribution is -0.111. The van der Waals surface area contributed by atoms with Crippen molar-refractivity contribution < 1.29 is 17.9 Å². The minimum absolute atomic E-state index is 0.295. The summed E-state index contributed by atoms with van der Waals surface area (Å²) in [6.45, 7) is 0. The van der Waals surface area contributed by atoms with Crippen LogP contribution in [0.25, 0.3) is 6.08 Å². The molecule has 0 bridgehead atoms. The van der Waals surface area contributed by atoms with Gasteiger partial charge in [-0.1, -0.05) is 0 Å². The average Bonchev–Trinajstić information content (AvgIpc) is 2.91. The number of benzene rings is 1. The number of rotatable bonds is 6. The number of aryl methyl sites for hydroxylation is 1. The van der Waals surface area contributed by atoms with Crippen LogP contribution >= 0.6 is 0 Å². The second-order valence-corrected chi connectivity index (χ2v) is 6.81. The number of methoxy groups -OCH3 is 1. The first kappa shape index (κ1) is 17.5. The lowest BCUT2D eigenvalue weighted by atomic mass is 10.2. The fourth-order valence-corrected chi connectivity index (χ4v) is 2.50. The van der Waals surface area contributed by atoms with Crippen LogP contribution in [0.4, 0.5) is 11.4 Å². The Morgan fingerprint density at radius 1 is 1.38 bits per heavy atom. The molecule has 0 aliphatic heterocycles. The van der Waals surface area contributed by atoms with Crippen LogP contribution in [0, 0.1) is 0 Å². The van der Waals surface area contributed by atoms with E-state index in [-0.39, 0.29) is 5.91 Å². The Hall–Kier alpha value is -2.81. The van der Waals surface area contributed by atoms with E-state index in [0.29, 0.717) is 17.1 Å². The Kier molecular flexibility index (Phi) is 5.24. The molecule has 0 fully saturated rings. The zero-order valence-electron chi connectivity index (χ0n) is 13.5. The molecule has 1 heterocycles. The molecule has 0 atom stereocenters. The van der Waals surface area contributed by atoms with Gasteiger partial charge in [0.25, 0.3) is 0 Å². The highest BCUT2D eigenvalue weighted by Gasteiger charge is 2.09. The zero-order valence-corrected chi connectivity index (χ0v) is 14.3. The van der Waals surface area contributed by atoms with Gasteiger partial charge in [0.1, 0.15) is 5.75 Å². The van der Waals surface area contributed by atoms with Crippen LogP contribution in [-0.4, -0.2) is 37.5 Å². The van der Waals surface area contributed by atoms with Gasteiger partial charge in [0.15, 0.2) is 0 Å². The maximum absolute atomic E-state index is 11.9. The van der Waals surface area contributed by atoms with Gasteiger partial charge in [-0.2, -0.15) is 5.10 Å². The van der Waals surface area contributed by atoms with E-state index in [9.17, 15) is 13.2 Å². The summed E-state index contributed by atoms with van der Waals surface area (Å²) >= 11 is 0. The van der Waals surface area contributed by atoms with E-state index in [2.05, 4.69) is 15.1 Å². The number of anilines is 2. The number of hydrogen-bond donors (Lipinski definition) is 2. The summed E-state index contributed by atoms with van der Waals surface area (Å²) in [5, 5.41) is 6.67. The second kappa shape index (κ2) is 7.18. The Morgan fingerprint density at radius 3 is 2.71 bits per heavy atom. The third-order valence-electron chi connectivity index (χ3n) is 2.92. The quantitative estimate of drug-likeness (QED) is 0.768. The van der Waals surface area contributed by atoms with Crippen molar-refractivity contribution in [1.82, 2.24) is 9.78 Å². The number of sulfonamides is 1. The molecule has 128 valence electrons. The molecule has 0 unspecified atom stereocenters. The van der Waals surface area contributed by atoms with Crippen LogP contribution in [0.3, 0.4) is 0 Å². The number of nitrogens with one attached hydrogen (secondary N) is 2. The molecule has 24 heavy (non-hydrogen) atoms. The predicted octanol–water partition coefficient (Wildman–Crippen LogP) is 1.45. The molecule has 1 aromatic carbocycles. The van der Waals surface area contributed by atoms with E-state index in [1.165, 1.54) is 25.3 Å². The Morgan fingerprint density at radius 2 is 2.12 bits per heavy atom. The standard InChI is InChI=1S/C15H18N4O4S/c1-19-10-11(9-16-19)4-7-15(20)17-12-5-6-13(14(8-12)23-2)18-24(3,21)22/h4-10,18H,1-3H3,(H,17,20)/b7-4+. The molecule has 8 nitrogen and oxygen atoms in total. The van der Waals surface area contributed by atoms with E-state index in [1.54, 1.807) is 36.3 Å². The molecule has 2 rings (SSSR count). The van der Waals surface area contributed by atoms with Crippen LogP contribution in [0.5, 0.6) is 5.75 Å². The predicted molar refractivity (Wildman–Crippen MR) is 92.3 cm³/mol. The van der Waals surface area contributed by atoms with Crippen molar-refractivity contribution in [2.24, 2.45) is 7.05 Å². The first-order chi connectivity index (χ1) is 11.3. The van der Waals surface area contributed by atoms with Crippen LogP contribution in [0.1, 0.15) is 5.56 Å². The number of ether oxygens (including phenoxy) is 1. The SMILES string of the molecule is COc1cc(NC(=O)/C=C/c2cnn(C)c2)ccc1NS(C)(=O)=O. The molecule has 0 spiro atoms. The second-order valence-electron chi connectivity index (χ2n) is 5.06. The first-order valence-corrected chi connectivity index (χ1v) is 8.79. The van der Waals surface area contributed by atoms with Gasteiger partial charge < -0.3 is 10.1 Å². The summed E-state index contributed by atoms with van der Waals surface area (Å²) in [6, 6.07) is 4.62. The molecule has 0 aliphatic carbocycles. The number of carbonyl (C=O) groups excluding carboxylic acids is 1. The molecule has 9 heteroatoms. The van der Waals surface area contributed by atoms with Crippen molar-refractivity contribution in [3.63, 3.8) is 0 Å². The van der Waals surface area contributed by atoms with Crippen molar-refractivity contribution in [2.75, 3.05) is 23.4 Å². The van der Waals surface area contributed by atoms with Crippen LogP contribution in [-0.2, 0) is 21.9 Å². The molecule has 1 aromatic heterocycles. The first-order valence-electron chi connectivity index (χ1n) is 6.90. The summed E-state index contributed by atoms with van der Waals surface area (Å²) < 4.78 is 31.7. The lowest BCUT2D eigenvalue weighted by Gasteiger charge is -2.11. The molecule has 0 aliphatic rings. The number of hydrogen-bond acceptors (Lipinski definition) is 5. The van der Waals surface area contributed by atoms with Gasteiger partial charge >= 0.3 is 0 Å². The minimum atomic E-state index is -3.42. The Bertz CT molecular complexity index is 871. The maximum Gasteiger partial charge on any atom is 0.248 e. The van der Waals surface area contributed by atoms with Crippen molar-refractivity contribution in [2.45, 2.75) is 0 Å². The molecule has 1 amide bonds. The van der Waals surface area contributed by atoms with Crippen molar-refractivity contribution in [3.8, 4) is 5.75 Å². The van der Waals surface area contributed by atoms with E-state index in [4.69, 9.17) is 4.74 Å². The molecule has 0 saturated carbocycles. The number of carbonyl (C=O) groups is 1. The monoisotopic (exact) mass is 350 g/mol. The van der Waals surface area contributed by atoms with E-state index in [1.807, 2.05) is 0 Å². The van der Waals surface area contributed by atoms with E-state index < -0.39 is 10.0 Å². The van der Waals surface area contributed by atoms with Crippen LogP contribution in [0.2, 0.25) is 0 Å². The third-order valence-corrected chi connectivity index (χ3v) is 3.51. The van der Waals surface area contributed by atoms with Gasteiger partial charge in [0, 0.05) is 36.6 Å². The minimum Gasteiger partial charge on any atom is -0.494 e. The molecular weight excluding hydrogens is 332 g/mol. The van der Waals surface area contributed by atoms with Gasteiger partial charge in [0.2, 0.25) is 15.9 Å². The fourth-order valence-electron chi connectivity index (χ4n) is 1.94. The highest BCUT2D eigenvalue weighted by Crippen LogP contribution is 2.28. The van der Waals surface area contributed by atoms with Gasteiger partial charge in [-0.05, 0) is 18.2 Å². The highest BCUT2D eigenvalue weighted by atomic mass is 32.2. The van der Waals surface area contributed by atoms with Gasteiger partial charge in [-0.25, -0.2) is 8.42 Å². The molecular formula is C15H18N4O4S. The number of nitrogens with zero attached hydrogens (tertiary/aromatic N) is 2. The zero-order chi connectivity index (χ0) is 17.7. The Labute approximate surface area is 140 Å². The maximum atomic E-state index is 11.9. The fraction of sp³-hybridized carbons (Fsp3) is 0.200. The van der Waals surface area contributed by atoms with Crippen molar-refractivity contribution >= 4 is 33.4 Å². The highest BCUT2D eigenvalue weighted by molar-refractivity contribution is 7.92. The lowest BCUT2D eigenvalue weighted by Crippen LogP contribution is -2.11. The van der Waals surface area contributed by atoms with Gasteiger partial charge in [0.05, 0.1) is 25.2 Å². The molecule has 2 N–H and O–H groups in total. The third kappa shape index (κ3) is 5.13. The number of aromatic nitrogens is 2. The topological polar surface area (TPSA) is 102 Å². The summed E-state index contributed by atoms with van der Waals surface area (Å²) in [7, 11) is -0.218. The molecule has 2 aromatic rings. The summed E-state index contributed by atoms with van der Waals surface area (Å²) in [6.07, 6.45) is 7.48. The van der Waals surface area contributed by atoms with Crippen molar-refractivity contribution in [1.29, 1.82) is 0 Å². The van der Waals surface area contributed by atoms with Gasteiger partial charge in [-0.15, -0.1) is 0 Å². The summed E-state index contributed by atoms with van der Waals surface area (Å²) in [5.74, 6) is -0.0285. The van der Waals surface area contributed by atoms with Gasteiger partial charge in [-0.3, -0.25) is 14.2 Å². The van der Waals surface area contributed by atoms with Crippen LogP contribution < -0.4 is 14.8 Å². The Balaban J connectivity index is 2.09. The van der Waals surface area contributed by atoms with E-state index >= 15 is 0 Å². The van der Waals surface area contributed by atoms with Crippen molar-refractivity contribution in [3.05, 3.63) is 42.2 Å². The molecule has 0 saturated heterocycles. The molecule has 0 radical (unpaired) electrons. The average molecular weight is 350 g/mol. The summed E-state index contributed by atoms with van der Waals surface area (Å²) in [5.41, 5.74) is 1.58. The summed E-state index contributed by atoms with van der Waals surface area (Å²) in [4.78, 5) is 11.9.